The van der Waals surface area contributed by atoms with Gasteiger partial charge in [0.05, 0.1) is 7.11 Å². The van der Waals surface area contributed by atoms with Crippen molar-refractivity contribution >= 4 is 11.9 Å². The molecule has 0 amide bonds. The molecule has 0 aromatic heterocycles. The van der Waals surface area contributed by atoms with Crippen LogP contribution < -0.4 is 4.74 Å². The van der Waals surface area contributed by atoms with Gasteiger partial charge in [-0.3, -0.25) is 4.79 Å². The molecule has 0 bridgehead atoms. The first-order valence-electron chi connectivity index (χ1n) is 7.79. The second-order valence-corrected chi connectivity index (χ2v) is 6.71. The van der Waals surface area contributed by atoms with Gasteiger partial charge in [-0.15, -0.1) is 0 Å². The van der Waals surface area contributed by atoms with E-state index in [9.17, 15) is 4.79 Å². The summed E-state index contributed by atoms with van der Waals surface area (Å²) in [5.41, 5.74) is 1.83. The first-order chi connectivity index (χ1) is 9.88. The van der Waals surface area contributed by atoms with Crippen LogP contribution in [0.1, 0.15) is 46.1 Å². The Balaban J connectivity index is 2.34. The van der Waals surface area contributed by atoms with Crippen molar-refractivity contribution in [2.75, 3.05) is 7.11 Å². The van der Waals surface area contributed by atoms with Crippen LogP contribution in [0.25, 0.3) is 6.08 Å². The van der Waals surface area contributed by atoms with E-state index in [2.05, 4.69) is 33.8 Å². The lowest BCUT2D eigenvalue weighted by Gasteiger charge is -2.39. The summed E-state index contributed by atoms with van der Waals surface area (Å²) in [7, 11) is 1.66. The van der Waals surface area contributed by atoms with Gasteiger partial charge >= 0.3 is 0 Å². The van der Waals surface area contributed by atoms with Gasteiger partial charge < -0.3 is 4.74 Å². The van der Waals surface area contributed by atoms with Gasteiger partial charge in [0.2, 0.25) is 0 Å². The van der Waals surface area contributed by atoms with Gasteiger partial charge in [-0.05, 0) is 54.0 Å². The van der Waals surface area contributed by atoms with Crippen LogP contribution in [0.4, 0.5) is 0 Å². The van der Waals surface area contributed by atoms with E-state index in [1.807, 2.05) is 24.3 Å². The Bertz CT molecular complexity index is 539. The molecule has 0 heterocycles. The maximum atomic E-state index is 12.9. The molecule has 0 N–H and O–H groups in total. The van der Waals surface area contributed by atoms with Crippen molar-refractivity contribution in [2.45, 2.75) is 40.5 Å². The molecule has 2 nitrogen and oxygen atoms in total. The molecule has 0 spiro atoms. The van der Waals surface area contributed by atoms with Gasteiger partial charge in [0.1, 0.15) is 5.75 Å². The molecule has 114 valence electrons. The maximum absolute atomic E-state index is 12.9. The molecule has 0 unspecified atom stereocenters. The van der Waals surface area contributed by atoms with E-state index in [4.69, 9.17) is 4.74 Å². The van der Waals surface area contributed by atoms with Gasteiger partial charge in [-0.2, -0.15) is 0 Å². The smallest absolute Gasteiger partial charge is 0.165 e. The Morgan fingerprint density at radius 3 is 2.43 bits per heavy atom. The number of carbonyl (C=O) groups excluding carboxylic acids is 1. The zero-order valence-corrected chi connectivity index (χ0v) is 13.8. The second-order valence-electron chi connectivity index (χ2n) is 6.71. The Morgan fingerprint density at radius 2 is 1.90 bits per heavy atom. The molecule has 0 saturated heterocycles. The van der Waals surface area contributed by atoms with Crippen LogP contribution in [-0.2, 0) is 4.79 Å². The van der Waals surface area contributed by atoms with Crippen LogP contribution in [0, 0.1) is 17.3 Å². The summed E-state index contributed by atoms with van der Waals surface area (Å²) in [4.78, 5) is 12.9. The molecule has 0 radical (unpaired) electrons. The molecule has 1 aromatic carbocycles. The highest BCUT2D eigenvalue weighted by molar-refractivity contribution is 6.04. The van der Waals surface area contributed by atoms with Crippen molar-refractivity contribution in [3.8, 4) is 5.75 Å². The molecule has 1 saturated carbocycles. The number of methoxy groups -OCH3 is 1. The monoisotopic (exact) mass is 286 g/mol. The minimum absolute atomic E-state index is 0.217. The molecule has 2 atom stereocenters. The molecule has 2 rings (SSSR count). The van der Waals surface area contributed by atoms with E-state index < -0.39 is 0 Å². The van der Waals surface area contributed by atoms with Crippen molar-refractivity contribution in [3.63, 3.8) is 0 Å². The van der Waals surface area contributed by atoms with Gasteiger partial charge in [0.15, 0.2) is 5.78 Å². The SMILES string of the molecule is COc1ccc(/C=C2/C(=O)[C@](C)(C(C)C)CC[C@@H]2C)cc1. The summed E-state index contributed by atoms with van der Waals surface area (Å²) >= 11 is 0. The molecule has 1 fully saturated rings. The number of ketones is 1. The summed E-state index contributed by atoms with van der Waals surface area (Å²) in [5, 5.41) is 0. The van der Waals surface area contributed by atoms with Crippen LogP contribution in [0.3, 0.4) is 0 Å². The fraction of sp³-hybridized carbons (Fsp3) is 0.526. The first-order valence-corrected chi connectivity index (χ1v) is 7.79. The molecule has 1 aliphatic carbocycles. The van der Waals surface area contributed by atoms with Crippen LogP contribution in [-0.4, -0.2) is 12.9 Å². The Morgan fingerprint density at radius 1 is 1.29 bits per heavy atom. The van der Waals surface area contributed by atoms with Crippen molar-refractivity contribution in [2.24, 2.45) is 17.3 Å². The lowest BCUT2D eigenvalue weighted by Crippen LogP contribution is -2.40. The third-order valence-corrected chi connectivity index (χ3v) is 5.12. The van der Waals surface area contributed by atoms with Crippen molar-refractivity contribution in [3.05, 3.63) is 35.4 Å². The Labute approximate surface area is 128 Å². The van der Waals surface area contributed by atoms with E-state index >= 15 is 0 Å². The average molecular weight is 286 g/mol. The number of hydrogen-bond acceptors (Lipinski definition) is 2. The Hall–Kier alpha value is -1.57. The zero-order chi connectivity index (χ0) is 15.6. The summed E-state index contributed by atoms with van der Waals surface area (Å²) in [5.74, 6) is 1.88. The standard InChI is InChI=1S/C19H26O2/c1-13(2)19(4)11-10-14(3)17(18(19)20)12-15-6-8-16(21-5)9-7-15/h6-9,12-14H,10-11H2,1-5H3/b17-12+/t14-,19-/m0/s1. The molecular weight excluding hydrogens is 260 g/mol. The fourth-order valence-electron chi connectivity index (χ4n) is 2.98. The number of allylic oxidation sites excluding steroid dienone is 1. The van der Waals surface area contributed by atoms with E-state index in [1.165, 1.54) is 0 Å². The third kappa shape index (κ3) is 3.04. The van der Waals surface area contributed by atoms with Crippen LogP contribution in [0.5, 0.6) is 5.75 Å². The lowest BCUT2D eigenvalue weighted by atomic mass is 9.63. The van der Waals surface area contributed by atoms with Crippen molar-refractivity contribution in [1.29, 1.82) is 0 Å². The highest BCUT2D eigenvalue weighted by Crippen LogP contribution is 2.44. The predicted octanol–water partition coefficient (Wildman–Crippen LogP) is 4.74. The van der Waals surface area contributed by atoms with Crippen LogP contribution in [0.2, 0.25) is 0 Å². The highest BCUT2D eigenvalue weighted by atomic mass is 16.5. The van der Waals surface area contributed by atoms with Crippen LogP contribution >= 0.6 is 0 Å². The number of rotatable bonds is 3. The molecular formula is C19H26O2. The van der Waals surface area contributed by atoms with Gasteiger partial charge in [0.25, 0.3) is 0 Å². The van der Waals surface area contributed by atoms with Gasteiger partial charge in [-0.1, -0.05) is 39.8 Å². The van der Waals surface area contributed by atoms with E-state index in [0.29, 0.717) is 17.6 Å². The summed E-state index contributed by atoms with van der Waals surface area (Å²) < 4.78 is 5.18. The maximum Gasteiger partial charge on any atom is 0.165 e. The fourth-order valence-corrected chi connectivity index (χ4v) is 2.98. The number of hydrogen-bond donors (Lipinski definition) is 0. The summed E-state index contributed by atoms with van der Waals surface area (Å²) in [6.45, 7) is 8.58. The number of carbonyl (C=O) groups is 1. The molecule has 1 aliphatic rings. The van der Waals surface area contributed by atoms with Crippen LogP contribution in [0.15, 0.2) is 29.8 Å². The average Bonchev–Trinajstić information content (AvgIpc) is 2.48. The lowest BCUT2D eigenvalue weighted by molar-refractivity contribution is -0.129. The minimum Gasteiger partial charge on any atom is -0.497 e. The van der Waals surface area contributed by atoms with Gasteiger partial charge in [-0.25, -0.2) is 0 Å². The molecule has 21 heavy (non-hydrogen) atoms. The van der Waals surface area contributed by atoms with E-state index in [1.54, 1.807) is 7.11 Å². The topological polar surface area (TPSA) is 26.3 Å². The number of ether oxygens (including phenoxy) is 1. The molecule has 1 aromatic rings. The largest absolute Gasteiger partial charge is 0.497 e. The third-order valence-electron chi connectivity index (χ3n) is 5.12. The predicted molar refractivity (Wildman–Crippen MR) is 87.3 cm³/mol. The highest BCUT2D eigenvalue weighted by Gasteiger charge is 2.42. The first kappa shape index (κ1) is 15.8. The van der Waals surface area contributed by atoms with E-state index in [-0.39, 0.29) is 5.41 Å². The quantitative estimate of drug-likeness (QED) is 0.750. The Kier molecular flexibility index (Phi) is 4.55. The molecule has 2 heteroatoms. The van der Waals surface area contributed by atoms with E-state index in [0.717, 1.165) is 29.7 Å². The summed E-state index contributed by atoms with van der Waals surface area (Å²) in [6, 6.07) is 7.89. The number of Topliss-reactive ketones (excluding diaryl/α,β-unsaturated/α-hetero) is 1. The second kappa shape index (κ2) is 6.05. The van der Waals surface area contributed by atoms with Crippen molar-refractivity contribution in [1.82, 2.24) is 0 Å². The summed E-state index contributed by atoms with van der Waals surface area (Å²) in [6.07, 6.45) is 4.14. The normalized spacial score (nSPS) is 28.2. The molecule has 0 aliphatic heterocycles. The van der Waals surface area contributed by atoms with Gasteiger partial charge in [0, 0.05) is 5.41 Å². The number of benzene rings is 1. The zero-order valence-electron chi connectivity index (χ0n) is 13.8. The minimum atomic E-state index is -0.217. The van der Waals surface area contributed by atoms with Crippen molar-refractivity contribution < 1.29 is 9.53 Å².